The van der Waals surface area contributed by atoms with E-state index in [1.54, 1.807) is 6.92 Å². The van der Waals surface area contributed by atoms with Crippen molar-refractivity contribution >= 4 is 63.1 Å². The predicted molar refractivity (Wildman–Crippen MR) is 135 cm³/mol. The van der Waals surface area contributed by atoms with Crippen LogP contribution in [0.1, 0.15) is 13.3 Å². The zero-order valence-electron chi connectivity index (χ0n) is 23.2. The third-order valence-corrected chi connectivity index (χ3v) is 25.2. The lowest BCUT2D eigenvalue weighted by Gasteiger charge is -2.42. The molecular formula is C12H38O20Si7. The molecule has 0 spiro atoms. The average molecular weight is 699 g/mol. The van der Waals surface area contributed by atoms with Crippen LogP contribution in [-0.2, 0) is 68.6 Å². The van der Waals surface area contributed by atoms with E-state index >= 15 is 0 Å². The molecular weight excluding hydrogens is 661 g/mol. The zero-order chi connectivity index (χ0) is 30.2. The van der Waals surface area contributed by atoms with Gasteiger partial charge in [0.05, 0.1) is 0 Å². The molecule has 0 amide bonds. The van der Waals surface area contributed by atoms with Gasteiger partial charge in [0.1, 0.15) is 0 Å². The SMILES string of the molecule is CCC[Si](OC)(OC)O[Si]1(OC)O[Si](O)(OC)O[Si](O)(OC)O[Si](OC)(OC)O[Si](O)(OC)O[Si](O)(OC)O1. The normalized spacial score (nSPS) is 36.8. The Hall–Kier alpha value is 0.718. The van der Waals surface area contributed by atoms with Crippen molar-refractivity contribution in [2.45, 2.75) is 19.4 Å². The van der Waals surface area contributed by atoms with Gasteiger partial charge in [-0.25, -0.2) is 0 Å². The first-order valence-electron chi connectivity index (χ1n) is 10.8. The van der Waals surface area contributed by atoms with Gasteiger partial charge >= 0.3 is 63.1 Å². The first-order valence-corrected chi connectivity index (χ1v) is 22.7. The largest absolute Gasteiger partial charge is 0.667 e. The lowest BCUT2D eigenvalue weighted by molar-refractivity contribution is -0.0701. The first-order chi connectivity index (χ1) is 18.1. The van der Waals surface area contributed by atoms with Crippen LogP contribution in [0.3, 0.4) is 0 Å². The van der Waals surface area contributed by atoms with Gasteiger partial charge in [0, 0.05) is 70.0 Å². The van der Waals surface area contributed by atoms with E-state index in [2.05, 4.69) is 0 Å². The Morgan fingerprint density at radius 3 is 1.03 bits per heavy atom. The Bertz CT molecular complexity index is 712. The molecule has 0 bridgehead atoms. The van der Waals surface area contributed by atoms with Crippen molar-refractivity contribution in [2.24, 2.45) is 0 Å². The second kappa shape index (κ2) is 14.9. The molecule has 1 aliphatic rings. The van der Waals surface area contributed by atoms with Crippen LogP contribution in [-0.4, -0.2) is 146 Å². The summed E-state index contributed by atoms with van der Waals surface area (Å²) in [4.78, 5) is 44.7. The number of rotatable bonds is 13. The average Bonchev–Trinajstić information content (AvgIpc) is 2.91. The molecule has 0 radical (unpaired) electrons. The molecule has 0 aromatic rings. The van der Waals surface area contributed by atoms with Crippen LogP contribution < -0.4 is 0 Å². The van der Waals surface area contributed by atoms with E-state index in [1.165, 1.54) is 14.2 Å². The molecule has 0 saturated carbocycles. The maximum Gasteiger partial charge on any atom is 0.667 e. The second-order valence-electron chi connectivity index (χ2n) is 7.08. The molecule has 234 valence electrons. The minimum Gasteiger partial charge on any atom is -0.377 e. The van der Waals surface area contributed by atoms with Crippen LogP contribution in [0.5, 0.6) is 0 Å². The highest BCUT2D eigenvalue weighted by molar-refractivity contribution is 6.84. The van der Waals surface area contributed by atoms with Gasteiger partial charge in [-0.3, -0.25) is 0 Å². The summed E-state index contributed by atoms with van der Waals surface area (Å²) in [5.41, 5.74) is 0. The fraction of sp³-hybridized carbons (Fsp3) is 1.00. The summed E-state index contributed by atoms with van der Waals surface area (Å²) in [6, 6.07) is 0.169. The first kappa shape index (κ1) is 37.7. The van der Waals surface area contributed by atoms with Crippen molar-refractivity contribution in [2.75, 3.05) is 64.0 Å². The Balaban J connectivity index is 3.93. The monoisotopic (exact) mass is 698 g/mol. The van der Waals surface area contributed by atoms with Crippen molar-refractivity contribution in [1.29, 1.82) is 0 Å². The molecule has 27 heteroatoms. The number of hydrogen-bond donors (Lipinski definition) is 4. The summed E-state index contributed by atoms with van der Waals surface area (Å²) in [6.07, 6.45) is 0.474. The van der Waals surface area contributed by atoms with Crippen LogP contribution in [0.2, 0.25) is 6.04 Å². The maximum atomic E-state index is 11.3. The van der Waals surface area contributed by atoms with E-state index < -0.39 is 63.1 Å². The smallest absolute Gasteiger partial charge is 0.377 e. The van der Waals surface area contributed by atoms with Crippen LogP contribution in [0.15, 0.2) is 0 Å². The fourth-order valence-corrected chi connectivity index (χ4v) is 23.7. The highest BCUT2D eigenvalue weighted by Gasteiger charge is 2.74. The molecule has 39 heavy (non-hydrogen) atoms. The van der Waals surface area contributed by atoms with Crippen molar-refractivity contribution in [3.8, 4) is 0 Å². The molecule has 20 nitrogen and oxygen atoms in total. The predicted octanol–water partition coefficient (Wildman–Crippen LogP) is -3.13. The lowest BCUT2D eigenvalue weighted by Crippen LogP contribution is -2.75. The van der Waals surface area contributed by atoms with Gasteiger partial charge in [-0.05, 0) is 0 Å². The molecule has 0 aromatic carbocycles. The standard InChI is InChI=1S/C12H38O20Si7/c1-11-12-33(17-2,18-3)26-39(25-10)31-36(15,21-6)27-34(13,19-4)29-38(23-8,24-9)30-35(14,20-5)28-37(16,22-7)32-39/h13-16H,11-12H2,1-10H3. The van der Waals surface area contributed by atoms with Crippen molar-refractivity contribution in [3.05, 3.63) is 0 Å². The Morgan fingerprint density at radius 2 is 0.795 bits per heavy atom. The zero-order valence-corrected chi connectivity index (χ0v) is 30.2. The van der Waals surface area contributed by atoms with Crippen LogP contribution in [0, 0.1) is 0 Å². The van der Waals surface area contributed by atoms with Gasteiger partial charge in [-0.1, -0.05) is 13.3 Å². The molecule has 1 heterocycles. The molecule has 1 rings (SSSR count). The van der Waals surface area contributed by atoms with Gasteiger partial charge < -0.3 is 87.8 Å². The summed E-state index contributed by atoms with van der Waals surface area (Å²) < 4.78 is 85.6. The van der Waals surface area contributed by atoms with Crippen molar-refractivity contribution in [3.63, 3.8) is 0 Å². The molecule has 4 unspecified atom stereocenters. The fourth-order valence-electron chi connectivity index (χ4n) is 2.75. The molecule has 4 atom stereocenters. The van der Waals surface area contributed by atoms with Gasteiger partial charge in [0.2, 0.25) is 0 Å². The molecule has 0 aromatic heterocycles. The highest BCUT2D eigenvalue weighted by atomic mass is 28.6. The highest BCUT2D eigenvalue weighted by Crippen LogP contribution is 2.33. The maximum absolute atomic E-state index is 11.3. The quantitative estimate of drug-likeness (QED) is 0.139. The van der Waals surface area contributed by atoms with Gasteiger partial charge in [-0.15, -0.1) is 0 Å². The van der Waals surface area contributed by atoms with Crippen LogP contribution >= 0.6 is 0 Å². The summed E-state index contributed by atoms with van der Waals surface area (Å²) in [5, 5.41) is 0. The summed E-state index contributed by atoms with van der Waals surface area (Å²) in [5.74, 6) is 0. The van der Waals surface area contributed by atoms with E-state index in [0.717, 1.165) is 49.8 Å². The van der Waals surface area contributed by atoms with Crippen LogP contribution in [0.25, 0.3) is 0 Å². The Labute approximate surface area is 234 Å². The molecule has 1 saturated heterocycles. The molecule has 4 N–H and O–H groups in total. The summed E-state index contributed by atoms with van der Waals surface area (Å²) in [6.45, 7) is 1.80. The van der Waals surface area contributed by atoms with Crippen molar-refractivity contribution in [1.82, 2.24) is 0 Å². The molecule has 0 aliphatic carbocycles. The number of hydrogen-bond acceptors (Lipinski definition) is 20. The van der Waals surface area contributed by atoms with E-state index in [0.29, 0.717) is 6.42 Å². The van der Waals surface area contributed by atoms with E-state index in [4.69, 9.17) is 68.6 Å². The topological polar surface area (TPSA) is 229 Å². The minimum absolute atomic E-state index is 0.169. The Morgan fingerprint density at radius 1 is 0.487 bits per heavy atom. The molecule has 1 aliphatic heterocycles. The third kappa shape index (κ3) is 9.61. The Kier molecular flexibility index (Phi) is 14.5. The van der Waals surface area contributed by atoms with Gasteiger partial charge in [-0.2, -0.15) is 0 Å². The van der Waals surface area contributed by atoms with Crippen molar-refractivity contribution < 1.29 is 87.8 Å². The van der Waals surface area contributed by atoms with E-state index in [1.807, 2.05) is 0 Å². The van der Waals surface area contributed by atoms with Crippen LogP contribution in [0.4, 0.5) is 0 Å². The van der Waals surface area contributed by atoms with Gasteiger partial charge in [0.15, 0.2) is 0 Å². The minimum atomic E-state index is -5.22. The third-order valence-electron chi connectivity index (χ3n) is 4.77. The van der Waals surface area contributed by atoms with E-state index in [-0.39, 0.29) is 6.04 Å². The molecule has 1 fully saturated rings. The summed E-state index contributed by atoms with van der Waals surface area (Å²) >= 11 is 0. The van der Waals surface area contributed by atoms with Gasteiger partial charge in [0.25, 0.3) is 0 Å². The van der Waals surface area contributed by atoms with E-state index in [9.17, 15) is 19.2 Å². The second-order valence-corrected chi connectivity index (χ2v) is 24.5. The lowest BCUT2D eigenvalue weighted by atomic mass is 10.6. The summed E-state index contributed by atoms with van der Waals surface area (Å²) in [7, 11) is -24.9.